The number of nitriles is 1. The summed E-state index contributed by atoms with van der Waals surface area (Å²) in [5.74, 6) is 0.135. The van der Waals surface area contributed by atoms with Gasteiger partial charge in [0.1, 0.15) is 0 Å². The third kappa shape index (κ3) is 5.48. The van der Waals surface area contributed by atoms with E-state index in [-0.39, 0.29) is 10.9 Å². The summed E-state index contributed by atoms with van der Waals surface area (Å²) >= 11 is 5.93. The van der Waals surface area contributed by atoms with Gasteiger partial charge < -0.3 is 4.90 Å². The fourth-order valence-corrected chi connectivity index (χ4v) is 3.30. The predicted octanol–water partition coefficient (Wildman–Crippen LogP) is 5.73. The molecule has 26 heavy (non-hydrogen) atoms. The predicted molar refractivity (Wildman–Crippen MR) is 97.1 cm³/mol. The van der Waals surface area contributed by atoms with Crippen LogP contribution in [0.5, 0.6) is 0 Å². The van der Waals surface area contributed by atoms with Crippen molar-refractivity contribution in [2.75, 3.05) is 20.1 Å². The highest BCUT2D eigenvalue weighted by molar-refractivity contribution is 6.32. The van der Waals surface area contributed by atoms with Gasteiger partial charge >= 0.3 is 6.18 Å². The number of likely N-dealkylation sites (tertiary alicyclic amines) is 1. The summed E-state index contributed by atoms with van der Waals surface area (Å²) in [6.07, 6.45) is -2.66. The molecule has 138 valence electrons. The second kappa shape index (κ2) is 9.07. The average Bonchev–Trinajstić information content (AvgIpc) is 2.63. The molecule has 0 aromatic heterocycles. The molecule has 0 N–H and O–H groups in total. The van der Waals surface area contributed by atoms with Crippen LogP contribution in [0.3, 0.4) is 0 Å². The number of rotatable bonds is 1. The molecule has 0 spiro atoms. The van der Waals surface area contributed by atoms with Crippen LogP contribution < -0.4 is 0 Å². The van der Waals surface area contributed by atoms with Crippen LogP contribution in [-0.2, 0) is 6.18 Å². The van der Waals surface area contributed by atoms with Crippen molar-refractivity contribution in [3.63, 3.8) is 0 Å². The summed E-state index contributed by atoms with van der Waals surface area (Å²) < 4.78 is 38.3. The van der Waals surface area contributed by atoms with Gasteiger partial charge in [-0.2, -0.15) is 18.4 Å². The Bertz CT molecular complexity index is 746. The SMILES string of the molecule is CN1CCC(c2cccc(C(F)(F)F)c2Cl)CC1.N#Cc1ccccc1. The van der Waals surface area contributed by atoms with Crippen LogP contribution in [0.2, 0.25) is 5.02 Å². The fraction of sp³-hybridized carbons (Fsp3) is 0.350. The molecule has 0 amide bonds. The third-order valence-electron chi connectivity index (χ3n) is 4.40. The van der Waals surface area contributed by atoms with E-state index >= 15 is 0 Å². The minimum absolute atomic E-state index is 0.125. The maximum Gasteiger partial charge on any atom is 0.417 e. The van der Waals surface area contributed by atoms with Crippen LogP contribution in [0.1, 0.15) is 35.4 Å². The summed E-state index contributed by atoms with van der Waals surface area (Å²) in [7, 11) is 2.02. The molecule has 0 aliphatic carbocycles. The van der Waals surface area contributed by atoms with Crippen molar-refractivity contribution in [2.45, 2.75) is 24.9 Å². The van der Waals surface area contributed by atoms with E-state index in [1.54, 1.807) is 18.2 Å². The van der Waals surface area contributed by atoms with Gasteiger partial charge in [0.15, 0.2) is 0 Å². The van der Waals surface area contributed by atoms with Crippen molar-refractivity contribution in [2.24, 2.45) is 0 Å². The summed E-state index contributed by atoms with van der Waals surface area (Å²) in [4.78, 5) is 2.18. The molecule has 0 bridgehead atoms. The number of halogens is 4. The normalized spacial score (nSPS) is 15.7. The average molecular weight is 381 g/mol. The molecule has 2 aromatic rings. The molecule has 1 aliphatic rings. The number of hydrogen-bond acceptors (Lipinski definition) is 2. The van der Waals surface area contributed by atoms with Crippen LogP contribution in [-0.4, -0.2) is 25.0 Å². The highest BCUT2D eigenvalue weighted by atomic mass is 35.5. The van der Waals surface area contributed by atoms with E-state index in [9.17, 15) is 13.2 Å². The monoisotopic (exact) mass is 380 g/mol. The molecular formula is C20H20ClF3N2. The zero-order valence-corrected chi connectivity index (χ0v) is 15.2. The molecule has 0 unspecified atom stereocenters. The minimum Gasteiger partial charge on any atom is -0.306 e. The van der Waals surface area contributed by atoms with E-state index < -0.39 is 11.7 Å². The second-order valence-corrected chi connectivity index (χ2v) is 6.64. The number of alkyl halides is 3. The quantitative estimate of drug-likeness (QED) is 0.632. The Balaban J connectivity index is 0.000000254. The molecule has 0 radical (unpaired) electrons. The van der Waals surface area contributed by atoms with Gasteiger partial charge in [0.25, 0.3) is 0 Å². The smallest absolute Gasteiger partial charge is 0.306 e. The summed E-state index contributed by atoms with van der Waals surface area (Å²) in [5.41, 5.74) is 0.632. The van der Waals surface area contributed by atoms with Crippen molar-refractivity contribution in [1.82, 2.24) is 4.90 Å². The molecule has 3 rings (SSSR count). The zero-order chi connectivity index (χ0) is 19.2. The van der Waals surface area contributed by atoms with Gasteiger partial charge in [0.05, 0.1) is 22.2 Å². The Morgan fingerprint density at radius 2 is 1.65 bits per heavy atom. The first-order valence-electron chi connectivity index (χ1n) is 8.32. The van der Waals surface area contributed by atoms with Crippen LogP contribution in [0.4, 0.5) is 13.2 Å². The molecule has 0 saturated carbocycles. The van der Waals surface area contributed by atoms with E-state index in [1.807, 2.05) is 31.3 Å². The van der Waals surface area contributed by atoms with Crippen LogP contribution >= 0.6 is 11.6 Å². The molecule has 1 fully saturated rings. The first-order valence-corrected chi connectivity index (χ1v) is 8.70. The van der Waals surface area contributed by atoms with Gasteiger partial charge in [0.2, 0.25) is 0 Å². The number of benzene rings is 2. The van der Waals surface area contributed by atoms with E-state index in [0.29, 0.717) is 11.1 Å². The molecule has 2 aromatic carbocycles. The highest BCUT2D eigenvalue weighted by Crippen LogP contribution is 2.40. The number of piperidine rings is 1. The molecule has 1 saturated heterocycles. The van der Waals surface area contributed by atoms with Crippen LogP contribution in [0, 0.1) is 11.3 Å². The van der Waals surface area contributed by atoms with Crippen LogP contribution in [0.25, 0.3) is 0 Å². The molecular weight excluding hydrogens is 361 g/mol. The van der Waals surface area contributed by atoms with Crippen molar-refractivity contribution < 1.29 is 13.2 Å². The Labute approximate surface area is 156 Å². The Morgan fingerprint density at radius 1 is 1.04 bits per heavy atom. The fourth-order valence-electron chi connectivity index (χ4n) is 2.92. The Hall–Kier alpha value is -2.03. The van der Waals surface area contributed by atoms with Crippen molar-refractivity contribution >= 4 is 11.6 Å². The Morgan fingerprint density at radius 3 is 2.15 bits per heavy atom. The van der Waals surface area contributed by atoms with E-state index in [2.05, 4.69) is 4.90 Å². The molecule has 0 atom stereocenters. The molecule has 6 heteroatoms. The highest BCUT2D eigenvalue weighted by Gasteiger charge is 2.35. The lowest BCUT2D eigenvalue weighted by molar-refractivity contribution is -0.137. The standard InChI is InChI=1S/C13H15ClF3N.C7H5N/c1-18-7-5-9(6-8-18)10-3-2-4-11(12(10)14)13(15,16)17;8-6-7-4-2-1-3-5-7/h2-4,9H,5-8H2,1H3;1-5H. The second-order valence-electron chi connectivity index (χ2n) is 6.26. The third-order valence-corrected chi connectivity index (χ3v) is 4.82. The lowest BCUT2D eigenvalue weighted by Crippen LogP contribution is -2.29. The summed E-state index contributed by atoms with van der Waals surface area (Å²) in [6.45, 7) is 1.80. The largest absolute Gasteiger partial charge is 0.417 e. The number of nitrogens with zero attached hydrogens (tertiary/aromatic N) is 2. The first-order chi connectivity index (χ1) is 12.3. The zero-order valence-electron chi connectivity index (χ0n) is 14.4. The summed E-state index contributed by atoms with van der Waals surface area (Å²) in [5, 5.41) is 8.16. The van der Waals surface area contributed by atoms with Crippen LogP contribution in [0.15, 0.2) is 48.5 Å². The lowest BCUT2D eigenvalue weighted by atomic mass is 9.88. The molecule has 2 nitrogen and oxygen atoms in total. The topological polar surface area (TPSA) is 27.0 Å². The summed E-state index contributed by atoms with van der Waals surface area (Å²) in [6, 6.07) is 15.4. The molecule has 1 heterocycles. The van der Waals surface area contributed by atoms with E-state index in [4.69, 9.17) is 16.9 Å². The maximum absolute atomic E-state index is 12.8. The van der Waals surface area contributed by atoms with Gasteiger partial charge in [-0.25, -0.2) is 0 Å². The Kier molecular flexibility index (Phi) is 7.07. The van der Waals surface area contributed by atoms with Gasteiger partial charge in [-0.05, 0) is 62.7 Å². The van der Waals surface area contributed by atoms with Gasteiger partial charge in [-0.3, -0.25) is 0 Å². The van der Waals surface area contributed by atoms with E-state index in [0.717, 1.165) is 32.0 Å². The number of hydrogen-bond donors (Lipinski definition) is 0. The van der Waals surface area contributed by atoms with Crippen molar-refractivity contribution in [3.8, 4) is 6.07 Å². The maximum atomic E-state index is 12.8. The lowest BCUT2D eigenvalue weighted by Gasteiger charge is -2.30. The van der Waals surface area contributed by atoms with Gasteiger partial charge in [-0.15, -0.1) is 0 Å². The van der Waals surface area contributed by atoms with E-state index in [1.165, 1.54) is 6.07 Å². The van der Waals surface area contributed by atoms with Crippen molar-refractivity contribution in [1.29, 1.82) is 5.26 Å². The van der Waals surface area contributed by atoms with Crippen molar-refractivity contribution in [3.05, 3.63) is 70.2 Å². The minimum atomic E-state index is -4.38. The van der Waals surface area contributed by atoms with Gasteiger partial charge in [-0.1, -0.05) is 41.9 Å². The van der Waals surface area contributed by atoms with Gasteiger partial charge in [0, 0.05) is 0 Å². The first kappa shape index (κ1) is 20.3. The molecule has 1 aliphatic heterocycles.